The molecule has 2 heterocycles. The first-order valence-electron chi connectivity index (χ1n) is 18.8. The van der Waals surface area contributed by atoms with Gasteiger partial charge in [0.25, 0.3) is 11.8 Å². The minimum Gasteiger partial charge on any atom is -0.423 e. The SMILES string of the molecule is CC(F)(CNC(=O)c1ccccc1C(F)(F)F)c1ncc(-c2ccc(F)cc2)cc1Cl.CC(F)(CNC(=O)c1ccccc1C(F)(F)F)c1ncc(Br)cc1Cl.OB(O)c1ccc(F)cc1. The van der Waals surface area contributed by atoms with Crippen LogP contribution in [0.1, 0.15) is 57.1 Å². The smallest absolute Gasteiger partial charge is 0.423 e. The van der Waals surface area contributed by atoms with Crippen molar-refractivity contribution in [2.45, 2.75) is 37.5 Å². The van der Waals surface area contributed by atoms with Gasteiger partial charge in [-0.25, -0.2) is 17.6 Å². The highest BCUT2D eigenvalue weighted by Crippen LogP contribution is 2.36. The summed E-state index contributed by atoms with van der Waals surface area (Å²) in [7, 11) is -1.51. The molecule has 6 rings (SSSR count). The Hall–Kier alpha value is -5.54. The van der Waals surface area contributed by atoms with Gasteiger partial charge in [0.2, 0.25) is 0 Å². The van der Waals surface area contributed by atoms with Gasteiger partial charge in [0.05, 0.1) is 56.8 Å². The van der Waals surface area contributed by atoms with Gasteiger partial charge >= 0.3 is 19.5 Å². The lowest BCUT2D eigenvalue weighted by atomic mass is 9.80. The van der Waals surface area contributed by atoms with E-state index in [1.807, 2.05) is 0 Å². The summed E-state index contributed by atoms with van der Waals surface area (Å²) in [5.74, 6) is -2.91. The van der Waals surface area contributed by atoms with Crippen LogP contribution in [-0.4, -0.2) is 52.0 Å². The summed E-state index contributed by atoms with van der Waals surface area (Å²) >= 11 is 15.2. The van der Waals surface area contributed by atoms with Crippen molar-refractivity contribution in [3.05, 3.63) is 181 Å². The van der Waals surface area contributed by atoms with Crippen LogP contribution in [0.5, 0.6) is 0 Å². The molecule has 66 heavy (non-hydrogen) atoms. The van der Waals surface area contributed by atoms with Crippen molar-refractivity contribution in [3.63, 3.8) is 0 Å². The van der Waals surface area contributed by atoms with Crippen LogP contribution < -0.4 is 16.1 Å². The van der Waals surface area contributed by atoms with E-state index in [1.165, 1.54) is 91.3 Å². The Labute approximate surface area is 389 Å². The summed E-state index contributed by atoms with van der Waals surface area (Å²) in [5.41, 5.74) is -6.72. The number of benzene rings is 4. The van der Waals surface area contributed by atoms with Gasteiger partial charge in [-0.2, -0.15) is 26.3 Å². The van der Waals surface area contributed by atoms with Gasteiger partial charge in [0, 0.05) is 22.4 Å². The molecule has 8 nitrogen and oxygen atoms in total. The molecule has 0 aliphatic rings. The molecule has 348 valence electrons. The van der Waals surface area contributed by atoms with E-state index in [1.54, 1.807) is 0 Å². The molecule has 0 saturated carbocycles. The van der Waals surface area contributed by atoms with Crippen molar-refractivity contribution in [3.8, 4) is 11.1 Å². The first-order valence-corrected chi connectivity index (χ1v) is 20.4. The number of halogens is 13. The second-order valence-corrected chi connectivity index (χ2v) is 16.0. The number of nitrogens with one attached hydrogen (secondary N) is 2. The zero-order valence-corrected chi connectivity index (χ0v) is 37.2. The molecule has 22 heteroatoms. The number of carbonyl (C=O) groups is 2. The molecule has 2 atom stereocenters. The average molecular weight is 1030 g/mol. The fraction of sp³-hybridized carbons (Fsp3) is 0.182. The number of carbonyl (C=O) groups excluding carboxylic acids is 2. The fourth-order valence-electron chi connectivity index (χ4n) is 5.76. The van der Waals surface area contributed by atoms with Crippen molar-refractivity contribution in [2.75, 3.05) is 13.1 Å². The Morgan fingerprint density at radius 2 is 1.00 bits per heavy atom. The molecule has 6 aromatic rings. The number of hydrogen-bond acceptors (Lipinski definition) is 6. The Balaban J connectivity index is 0.000000242. The first-order chi connectivity index (χ1) is 30.7. The highest BCUT2D eigenvalue weighted by atomic mass is 79.9. The van der Waals surface area contributed by atoms with Crippen molar-refractivity contribution in [1.82, 2.24) is 20.6 Å². The third-order valence-electron chi connectivity index (χ3n) is 9.10. The lowest BCUT2D eigenvalue weighted by Gasteiger charge is -2.22. The first kappa shape index (κ1) is 53.1. The summed E-state index contributed by atoms with van der Waals surface area (Å²) in [6, 6.07) is 21.9. The summed E-state index contributed by atoms with van der Waals surface area (Å²) in [5, 5.41) is 21.4. The monoisotopic (exact) mass is 1030 g/mol. The molecule has 0 radical (unpaired) electrons. The maximum Gasteiger partial charge on any atom is 0.488 e. The molecule has 2 unspecified atom stereocenters. The van der Waals surface area contributed by atoms with E-state index in [9.17, 15) is 49.1 Å². The number of rotatable bonds is 10. The van der Waals surface area contributed by atoms with E-state index in [0.29, 0.717) is 21.1 Å². The minimum atomic E-state index is -4.73. The van der Waals surface area contributed by atoms with Gasteiger partial charge in [0.15, 0.2) is 11.3 Å². The fourth-order valence-corrected chi connectivity index (χ4v) is 6.95. The summed E-state index contributed by atoms with van der Waals surface area (Å²) in [4.78, 5) is 32.3. The Morgan fingerprint density at radius 1 is 0.606 bits per heavy atom. The number of hydrogen-bond donors (Lipinski definition) is 4. The maximum atomic E-state index is 15.2. The van der Waals surface area contributed by atoms with Crippen LogP contribution in [0.25, 0.3) is 11.1 Å². The predicted molar refractivity (Wildman–Crippen MR) is 232 cm³/mol. The molecule has 0 aliphatic heterocycles. The maximum absolute atomic E-state index is 15.2. The lowest BCUT2D eigenvalue weighted by Crippen LogP contribution is -2.37. The standard InChI is InChI=1S/C22H16ClF5N2O.C16H12BrClF4N2O.C6H6BFO2/c1-21(25,12-30-20(31)16-4-2-3-5-17(16)22(26,27)28)19-18(23)10-14(11-29-19)13-6-8-15(24)9-7-13;1-15(19,13-12(18)6-9(17)7-23-13)8-24-14(25)10-4-2-3-5-11(10)16(20,21)22;8-6-3-1-5(2-4-6)7(9)10/h2-11H,12H2,1H3,(H,30,31);2-7H,8H2,1H3,(H,24,25);1-4,9-10H. The van der Waals surface area contributed by atoms with E-state index < -0.39 is 83.8 Å². The lowest BCUT2D eigenvalue weighted by molar-refractivity contribution is -0.138. The van der Waals surface area contributed by atoms with Crippen LogP contribution in [0.4, 0.5) is 43.9 Å². The van der Waals surface area contributed by atoms with Gasteiger partial charge in [-0.1, -0.05) is 71.7 Å². The van der Waals surface area contributed by atoms with Gasteiger partial charge < -0.3 is 20.7 Å². The highest BCUT2D eigenvalue weighted by molar-refractivity contribution is 9.10. The van der Waals surface area contributed by atoms with Crippen LogP contribution in [0.2, 0.25) is 10.0 Å². The van der Waals surface area contributed by atoms with Gasteiger partial charge in [-0.05, 0) is 101 Å². The second kappa shape index (κ2) is 22.3. The third-order valence-corrected chi connectivity index (χ3v) is 10.1. The quantitative estimate of drug-likeness (QED) is 0.0800. The van der Waals surface area contributed by atoms with Crippen molar-refractivity contribution >= 4 is 63.5 Å². The van der Waals surface area contributed by atoms with E-state index in [0.717, 1.165) is 44.2 Å². The van der Waals surface area contributed by atoms with Crippen LogP contribution >= 0.6 is 39.1 Å². The zero-order valence-electron chi connectivity index (χ0n) is 34.1. The van der Waals surface area contributed by atoms with E-state index >= 15 is 4.39 Å². The van der Waals surface area contributed by atoms with E-state index in [4.69, 9.17) is 33.2 Å². The number of pyridine rings is 2. The molecule has 0 saturated heterocycles. The normalized spacial score (nSPS) is 13.1. The number of nitrogens with zero attached hydrogens (tertiary/aromatic N) is 2. The van der Waals surface area contributed by atoms with Crippen LogP contribution in [0.15, 0.2) is 126 Å². The van der Waals surface area contributed by atoms with Crippen LogP contribution in [-0.2, 0) is 23.7 Å². The summed E-state index contributed by atoms with van der Waals surface area (Å²) < 4.78 is 134. The molecule has 0 fully saturated rings. The molecular weight excluding hydrogens is 1000 g/mol. The molecule has 4 N–H and O–H groups in total. The molecule has 2 amide bonds. The highest BCUT2D eigenvalue weighted by Gasteiger charge is 2.38. The van der Waals surface area contributed by atoms with Gasteiger partial charge in [0.1, 0.15) is 11.6 Å². The van der Waals surface area contributed by atoms with Crippen molar-refractivity contribution in [1.29, 1.82) is 0 Å². The van der Waals surface area contributed by atoms with Crippen molar-refractivity contribution in [2.24, 2.45) is 0 Å². The average Bonchev–Trinajstić information content (AvgIpc) is 3.25. The Morgan fingerprint density at radius 3 is 1.39 bits per heavy atom. The van der Waals surface area contributed by atoms with Gasteiger partial charge in [-0.3, -0.25) is 19.6 Å². The Bertz CT molecular complexity index is 2620. The molecule has 0 spiro atoms. The largest absolute Gasteiger partial charge is 0.488 e. The number of aromatic nitrogens is 2. The molecule has 4 aromatic carbocycles. The summed E-state index contributed by atoms with van der Waals surface area (Å²) in [6.07, 6.45) is -6.75. The molecule has 0 aliphatic carbocycles. The third kappa shape index (κ3) is 14.7. The second-order valence-electron chi connectivity index (χ2n) is 14.3. The van der Waals surface area contributed by atoms with E-state index in [-0.39, 0.29) is 27.3 Å². The number of alkyl halides is 8. The molecule has 0 bridgehead atoms. The number of amides is 2. The summed E-state index contributed by atoms with van der Waals surface area (Å²) in [6.45, 7) is 0.993. The Kier molecular flexibility index (Phi) is 17.9. The van der Waals surface area contributed by atoms with Crippen LogP contribution in [0, 0.1) is 11.6 Å². The zero-order chi connectivity index (χ0) is 49.2. The van der Waals surface area contributed by atoms with Crippen molar-refractivity contribution < 1.29 is 63.5 Å². The minimum absolute atomic E-state index is 0.0318. The van der Waals surface area contributed by atoms with Crippen LogP contribution in [0.3, 0.4) is 0 Å². The predicted octanol–water partition coefficient (Wildman–Crippen LogP) is 10.8. The van der Waals surface area contributed by atoms with Gasteiger partial charge in [-0.15, -0.1) is 0 Å². The topological polar surface area (TPSA) is 124 Å². The van der Waals surface area contributed by atoms with E-state index in [2.05, 4.69) is 36.5 Å². The molecular formula is C44H34BBrCl2F10N4O4. The molecule has 2 aromatic heterocycles.